The Bertz CT molecular complexity index is 296. The molecule has 0 aliphatic carbocycles. The molecule has 0 unspecified atom stereocenters. The number of hydrogen-bond donors (Lipinski definition) is 0. The predicted octanol–water partition coefficient (Wildman–Crippen LogP) is 3.21. The molecule has 1 heterocycles. The second kappa shape index (κ2) is 7.27. The van der Waals surface area contributed by atoms with Crippen molar-refractivity contribution >= 4 is 0 Å². The third-order valence-electron chi connectivity index (χ3n) is 2.63. The smallest absolute Gasteiger partial charge is 0.181 e. The Morgan fingerprint density at radius 2 is 1.60 bits per heavy atom. The zero-order valence-corrected chi connectivity index (χ0v) is 9.61. The highest BCUT2D eigenvalue weighted by Crippen LogP contribution is 2.05. The van der Waals surface area contributed by atoms with Gasteiger partial charge >= 0.3 is 0 Å². The van der Waals surface area contributed by atoms with Gasteiger partial charge in [-0.15, -0.1) is 0 Å². The molecular weight excluding hydrogens is 186 g/mol. The Labute approximate surface area is 91.9 Å². The first-order chi connectivity index (χ1) is 7.33. The van der Waals surface area contributed by atoms with Crippen LogP contribution in [-0.2, 0) is 6.54 Å². The summed E-state index contributed by atoms with van der Waals surface area (Å²) >= 11 is 0. The molecule has 0 aliphatic heterocycles. The second-order valence-corrected chi connectivity index (χ2v) is 4.04. The van der Waals surface area contributed by atoms with Gasteiger partial charge in [0, 0.05) is 31.1 Å². The highest BCUT2D eigenvalue weighted by atomic mass is 16.1. The molecule has 0 saturated heterocycles. The van der Waals surface area contributed by atoms with Crippen LogP contribution in [0.2, 0.25) is 0 Å². The Balaban J connectivity index is 2.10. The number of aromatic nitrogens is 1. The van der Waals surface area contributed by atoms with Crippen molar-refractivity contribution in [2.24, 2.45) is 0 Å². The van der Waals surface area contributed by atoms with Gasteiger partial charge in [0.05, 0.1) is 0 Å². The van der Waals surface area contributed by atoms with E-state index in [1.54, 1.807) is 12.1 Å². The number of nitrogens with zero attached hydrogens (tertiary/aromatic N) is 1. The van der Waals surface area contributed by atoms with Gasteiger partial charge in [-0.1, -0.05) is 39.0 Å². The summed E-state index contributed by atoms with van der Waals surface area (Å²) in [7, 11) is 0. The molecule has 1 rings (SSSR count). The molecule has 0 aliphatic rings. The van der Waals surface area contributed by atoms with Crippen LogP contribution < -0.4 is 5.43 Å². The summed E-state index contributed by atoms with van der Waals surface area (Å²) in [6.45, 7) is 3.27. The van der Waals surface area contributed by atoms with Crippen LogP contribution in [0.25, 0.3) is 0 Å². The average molecular weight is 207 g/mol. The van der Waals surface area contributed by atoms with E-state index in [2.05, 4.69) is 11.5 Å². The maximum absolute atomic E-state index is 10.9. The molecule has 0 bridgehead atoms. The largest absolute Gasteiger partial charge is 0.354 e. The molecule has 84 valence electrons. The summed E-state index contributed by atoms with van der Waals surface area (Å²) in [5.74, 6) is 0. The summed E-state index contributed by atoms with van der Waals surface area (Å²) in [6.07, 6.45) is 11.6. The average Bonchev–Trinajstić information content (AvgIpc) is 2.26. The maximum atomic E-state index is 10.9. The lowest BCUT2D eigenvalue weighted by molar-refractivity contribution is 0.556. The predicted molar refractivity (Wildman–Crippen MR) is 64.1 cm³/mol. The highest BCUT2D eigenvalue weighted by molar-refractivity contribution is 4.93. The van der Waals surface area contributed by atoms with E-state index in [1.165, 1.54) is 38.5 Å². The minimum absolute atomic E-state index is 0.0918. The standard InChI is InChI=1S/C13H21NO/c1-2-3-4-5-6-7-10-14-11-8-13(15)9-12-14/h8-9,11-12H,2-7,10H2,1H3. The van der Waals surface area contributed by atoms with E-state index in [0.717, 1.165) is 6.54 Å². The molecular formula is C13H21NO. The van der Waals surface area contributed by atoms with Gasteiger partial charge < -0.3 is 4.57 Å². The van der Waals surface area contributed by atoms with Crippen LogP contribution in [0, 0.1) is 0 Å². The SMILES string of the molecule is CCCCCCCCn1ccc(=O)cc1. The van der Waals surface area contributed by atoms with Crippen LogP contribution >= 0.6 is 0 Å². The molecule has 1 aromatic heterocycles. The van der Waals surface area contributed by atoms with E-state index < -0.39 is 0 Å². The van der Waals surface area contributed by atoms with Crippen LogP contribution in [0.4, 0.5) is 0 Å². The van der Waals surface area contributed by atoms with E-state index in [-0.39, 0.29) is 5.43 Å². The lowest BCUT2D eigenvalue weighted by Gasteiger charge is -2.04. The molecule has 0 spiro atoms. The molecule has 0 amide bonds. The van der Waals surface area contributed by atoms with Crippen molar-refractivity contribution in [2.45, 2.75) is 52.0 Å². The zero-order valence-electron chi connectivity index (χ0n) is 9.61. The van der Waals surface area contributed by atoms with Gasteiger partial charge in [0.25, 0.3) is 0 Å². The van der Waals surface area contributed by atoms with Crippen LogP contribution in [0.5, 0.6) is 0 Å². The number of pyridine rings is 1. The summed E-state index contributed by atoms with van der Waals surface area (Å²) in [5.41, 5.74) is 0.0918. The molecule has 15 heavy (non-hydrogen) atoms. The zero-order chi connectivity index (χ0) is 10.9. The first-order valence-electron chi connectivity index (χ1n) is 5.99. The quantitative estimate of drug-likeness (QED) is 0.629. The van der Waals surface area contributed by atoms with Gasteiger partial charge in [0.2, 0.25) is 0 Å². The third kappa shape index (κ3) is 5.40. The van der Waals surface area contributed by atoms with Crippen molar-refractivity contribution in [1.29, 1.82) is 0 Å². The van der Waals surface area contributed by atoms with Gasteiger partial charge in [0.1, 0.15) is 0 Å². The Morgan fingerprint density at radius 1 is 1.00 bits per heavy atom. The van der Waals surface area contributed by atoms with Crippen LogP contribution in [-0.4, -0.2) is 4.57 Å². The van der Waals surface area contributed by atoms with Crippen molar-refractivity contribution in [3.63, 3.8) is 0 Å². The monoisotopic (exact) mass is 207 g/mol. The Morgan fingerprint density at radius 3 is 2.27 bits per heavy atom. The molecule has 0 radical (unpaired) electrons. The fraction of sp³-hybridized carbons (Fsp3) is 0.615. The van der Waals surface area contributed by atoms with Crippen LogP contribution in [0.15, 0.2) is 29.3 Å². The summed E-state index contributed by atoms with van der Waals surface area (Å²) < 4.78 is 2.08. The summed E-state index contributed by atoms with van der Waals surface area (Å²) in [5, 5.41) is 0. The van der Waals surface area contributed by atoms with E-state index in [0.29, 0.717) is 0 Å². The molecule has 0 atom stereocenters. The van der Waals surface area contributed by atoms with Gasteiger partial charge in [-0.2, -0.15) is 0 Å². The van der Waals surface area contributed by atoms with Crippen molar-refractivity contribution in [3.8, 4) is 0 Å². The Hall–Kier alpha value is -1.05. The summed E-state index contributed by atoms with van der Waals surface area (Å²) in [4.78, 5) is 10.9. The third-order valence-corrected chi connectivity index (χ3v) is 2.63. The number of hydrogen-bond acceptors (Lipinski definition) is 1. The molecule has 1 aromatic rings. The molecule has 0 N–H and O–H groups in total. The summed E-state index contributed by atoms with van der Waals surface area (Å²) in [6, 6.07) is 3.24. The van der Waals surface area contributed by atoms with Crippen molar-refractivity contribution in [3.05, 3.63) is 34.7 Å². The minimum atomic E-state index is 0.0918. The highest BCUT2D eigenvalue weighted by Gasteiger charge is 1.91. The van der Waals surface area contributed by atoms with Crippen molar-refractivity contribution < 1.29 is 0 Å². The Kier molecular flexibility index (Phi) is 5.83. The maximum Gasteiger partial charge on any atom is 0.181 e. The fourth-order valence-corrected chi connectivity index (χ4v) is 1.67. The van der Waals surface area contributed by atoms with Crippen LogP contribution in [0.3, 0.4) is 0 Å². The molecule has 0 fully saturated rings. The lowest BCUT2D eigenvalue weighted by Crippen LogP contribution is -2.03. The van der Waals surface area contributed by atoms with Gasteiger partial charge in [0.15, 0.2) is 5.43 Å². The molecule has 0 aromatic carbocycles. The van der Waals surface area contributed by atoms with E-state index >= 15 is 0 Å². The van der Waals surface area contributed by atoms with E-state index in [9.17, 15) is 4.79 Å². The van der Waals surface area contributed by atoms with Gasteiger partial charge in [-0.25, -0.2) is 0 Å². The first-order valence-corrected chi connectivity index (χ1v) is 5.99. The van der Waals surface area contributed by atoms with E-state index in [1.807, 2.05) is 12.4 Å². The normalized spacial score (nSPS) is 10.5. The van der Waals surface area contributed by atoms with Gasteiger partial charge in [-0.3, -0.25) is 4.79 Å². The number of rotatable bonds is 7. The molecule has 2 heteroatoms. The molecule has 2 nitrogen and oxygen atoms in total. The fourth-order valence-electron chi connectivity index (χ4n) is 1.67. The molecule has 0 saturated carbocycles. The lowest BCUT2D eigenvalue weighted by atomic mass is 10.1. The van der Waals surface area contributed by atoms with Gasteiger partial charge in [-0.05, 0) is 6.42 Å². The topological polar surface area (TPSA) is 22.0 Å². The second-order valence-electron chi connectivity index (χ2n) is 4.04. The number of aryl methyl sites for hydroxylation is 1. The van der Waals surface area contributed by atoms with E-state index in [4.69, 9.17) is 0 Å². The van der Waals surface area contributed by atoms with Crippen LogP contribution in [0.1, 0.15) is 45.4 Å². The first kappa shape index (κ1) is 12.0. The van der Waals surface area contributed by atoms with Crippen molar-refractivity contribution in [1.82, 2.24) is 4.57 Å². The minimum Gasteiger partial charge on any atom is -0.354 e. The number of unbranched alkanes of at least 4 members (excludes halogenated alkanes) is 5. The van der Waals surface area contributed by atoms with Crippen molar-refractivity contribution in [2.75, 3.05) is 0 Å².